The molecule has 1 fully saturated rings. The second-order valence-corrected chi connectivity index (χ2v) is 8.29. The lowest BCUT2D eigenvalue weighted by molar-refractivity contribution is -0.136. The van der Waals surface area contributed by atoms with Gasteiger partial charge in [-0.1, -0.05) is 24.3 Å². The highest BCUT2D eigenvalue weighted by Crippen LogP contribution is 2.29. The van der Waals surface area contributed by atoms with Crippen LogP contribution in [0.15, 0.2) is 59.8 Å². The Hall–Kier alpha value is -3.52. The summed E-state index contributed by atoms with van der Waals surface area (Å²) in [5.41, 5.74) is 4.25. The van der Waals surface area contributed by atoms with E-state index < -0.39 is 12.0 Å². The maximum Gasteiger partial charge on any atom is 0.338 e. The number of amides is 2. The topological polar surface area (TPSA) is 83.1 Å². The van der Waals surface area contributed by atoms with Crippen molar-refractivity contribution in [2.75, 3.05) is 51.8 Å². The van der Waals surface area contributed by atoms with Gasteiger partial charge in [0.15, 0.2) is 0 Å². The van der Waals surface area contributed by atoms with Crippen LogP contribution in [0, 0.1) is 6.92 Å². The number of piperazine rings is 1. The summed E-state index contributed by atoms with van der Waals surface area (Å²) < 4.78 is 10.3. The van der Waals surface area contributed by atoms with Gasteiger partial charge in [-0.2, -0.15) is 0 Å². The Morgan fingerprint density at radius 3 is 2.42 bits per heavy atom. The van der Waals surface area contributed by atoms with Crippen molar-refractivity contribution in [3.63, 3.8) is 0 Å². The van der Waals surface area contributed by atoms with Gasteiger partial charge in [0.05, 0.1) is 25.8 Å². The Morgan fingerprint density at radius 1 is 1.06 bits per heavy atom. The van der Waals surface area contributed by atoms with Crippen LogP contribution in [0.1, 0.15) is 17.2 Å². The number of hydrogen-bond acceptors (Lipinski definition) is 6. The van der Waals surface area contributed by atoms with E-state index >= 15 is 0 Å². The molecule has 0 aliphatic carbocycles. The number of nitrogens with zero attached hydrogens (tertiary/aromatic N) is 2. The minimum absolute atomic E-state index is 0.336. The van der Waals surface area contributed by atoms with Crippen LogP contribution in [0.5, 0.6) is 5.75 Å². The number of esters is 1. The van der Waals surface area contributed by atoms with Gasteiger partial charge in [-0.25, -0.2) is 9.59 Å². The summed E-state index contributed by atoms with van der Waals surface area (Å²) in [4.78, 5) is 29.9. The van der Waals surface area contributed by atoms with E-state index in [-0.39, 0.29) is 6.03 Å². The van der Waals surface area contributed by atoms with Crippen LogP contribution in [-0.2, 0) is 9.53 Å². The molecule has 4 rings (SSSR count). The summed E-state index contributed by atoms with van der Waals surface area (Å²) in [7, 11) is 2.95. The van der Waals surface area contributed by atoms with E-state index in [0.29, 0.717) is 23.6 Å². The predicted octanol–water partition coefficient (Wildman–Crippen LogP) is 2.61. The fourth-order valence-electron chi connectivity index (χ4n) is 4.35. The van der Waals surface area contributed by atoms with Gasteiger partial charge in [-0.05, 0) is 42.3 Å². The number of hydrogen-bond donors (Lipinski definition) is 2. The molecule has 0 unspecified atom stereocenters. The molecule has 0 saturated carbocycles. The van der Waals surface area contributed by atoms with Gasteiger partial charge in [-0.15, -0.1) is 0 Å². The van der Waals surface area contributed by atoms with Crippen LogP contribution in [0.25, 0.3) is 0 Å². The Kier molecular flexibility index (Phi) is 6.84. The molecule has 1 atom stereocenters. The molecule has 8 nitrogen and oxygen atoms in total. The van der Waals surface area contributed by atoms with Crippen LogP contribution in [-0.4, -0.2) is 63.8 Å². The van der Waals surface area contributed by atoms with Gasteiger partial charge < -0.3 is 25.0 Å². The zero-order valence-corrected chi connectivity index (χ0v) is 19.3. The average molecular weight is 451 g/mol. The number of carbonyl (C=O) groups is 2. The van der Waals surface area contributed by atoms with Crippen molar-refractivity contribution in [1.29, 1.82) is 0 Å². The van der Waals surface area contributed by atoms with Crippen LogP contribution < -0.4 is 20.3 Å². The molecule has 2 aliphatic rings. The van der Waals surface area contributed by atoms with Crippen molar-refractivity contribution in [3.8, 4) is 5.75 Å². The largest absolute Gasteiger partial charge is 0.497 e. The van der Waals surface area contributed by atoms with Crippen molar-refractivity contribution >= 4 is 17.7 Å². The summed E-state index contributed by atoms with van der Waals surface area (Å²) in [6, 6.07) is 14.9. The fraction of sp³-hybridized carbons (Fsp3) is 0.360. The van der Waals surface area contributed by atoms with Crippen molar-refractivity contribution in [2.24, 2.45) is 0 Å². The normalized spacial score (nSPS) is 19.1. The smallest absolute Gasteiger partial charge is 0.338 e. The molecule has 0 bridgehead atoms. The lowest BCUT2D eigenvalue weighted by atomic mass is 9.95. The fourth-order valence-corrected chi connectivity index (χ4v) is 4.35. The number of benzene rings is 2. The minimum Gasteiger partial charge on any atom is -0.497 e. The highest BCUT2D eigenvalue weighted by atomic mass is 16.5. The van der Waals surface area contributed by atoms with E-state index in [9.17, 15) is 9.59 Å². The molecular weight excluding hydrogens is 420 g/mol. The third-order valence-corrected chi connectivity index (χ3v) is 6.13. The zero-order chi connectivity index (χ0) is 23.4. The third-order valence-electron chi connectivity index (χ3n) is 6.13. The number of aryl methyl sites for hydroxylation is 1. The molecule has 0 spiro atoms. The van der Waals surface area contributed by atoms with E-state index in [1.165, 1.54) is 18.4 Å². The molecule has 0 aromatic heterocycles. The number of ether oxygens (including phenoxy) is 2. The number of carbonyl (C=O) groups excluding carboxylic acids is 2. The number of urea groups is 1. The van der Waals surface area contributed by atoms with Crippen LogP contribution in [0.2, 0.25) is 0 Å². The Bertz CT molecular complexity index is 1040. The van der Waals surface area contributed by atoms with Gasteiger partial charge in [0.2, 0.25) is 0 Å². The molecule has 1 saturated heterocycles. The van der Waals surface area contributed by atoms with Crippen molar-refractivity contribution < 1.29 is 19.1 Å². The molecule has 2 amide bonds. The zero-order valence-electron chi connectivity index (χ0n) is 19.3. The van der Waals surface area contributed by atoms with Crippen LogP contribution in [0.3, 0.4) is 0 Å². The number of nitrogens with one attached hydrogen (secondary N) is 2. The van der Waals surface area contributed by atoms with Crippen molar-refractivity contribution in [2.45, 2.75) is 13.0 Å². The first-order chi connectivity index (χ1) is 16.0. The highest BCUT2D eigenvalue weighted by molar-refractivity contribution is 5.95. The molecule has 8 heteroatoms. The second-order valence-electron chi connectivity index (χ2n) is 8.29. The molecule has 2 heterocycles. The Morgan fingerprint density at radius 2 is 1.79 bits per heavy atom. The lowest BCUT2D eigenvalue weighted by Gasteiger charge is -2.38. The lowest BCUT2D eigenvalue weighted by Crippen LogP contribution is -2.51. The monoisotopic (exact) mass is 450 g/mol. The molecule has 174 valence electrons. The first-order valence-electron chi connectivity index (χ1n) is 11.1. The first-order valence-corrected chi connectivity index (χ1v) is 11.1. The number of methoxy groups -OCH3 is 2. The molecule has 2 aromatic rings. The Labute approximate surface area is 194 Å². The van der Waals surface area contributed by atoms with E-state index in [0.717, 1.165) is 31.7 Å². The van der Waals surface area contributed by atoms with E-state index in [1.807, 2.05) is 24.3 Å². The molecule has 2 N–H and O–H groups in total. The highest BCUT2D eigenvalue weighted by Gasteiger charge is 2.34. The van der Waals surface area contributed by atoms with E-state index in [4.69, 9.17) is 9.47 Å². The van der Waals surface area contributed by atoms with Gasteiger partial charge >= 0.3 is 12.0 Å². The summed E-state index contributed by atoms with van der Waals surface area (Å²) in [6.07, 6.45) is 0. The second kappa shape index (κ2) is 9.95. The Balaban J connectivity index is 1.54. The van der Waals surface area contributed by atoms with Crippen molar-refractivity contribution in [1.82, 2.24) is 15.5 Å². The molecule has 2 aromatic carbocycles. The quantitative estimate of drug-likeness (QED) is 0.659. The SMILES string of the molecule is COC(=O)C1=C(CN2CCN(c3cccc(C)c3)CC2)NC(=O)N[C@H]1c1ccc(OC)cc1. The molecule has 2 aliphatic heterocycles. The van der Waals surface area contributed by atoms with Crippen LogP contribution in [0.4, 0.5) is 10.5 Å². The minimum atomic E-state index is -0.597. The number of rotatable bonds is 6. The van der Waals surface area contributed by atoms with E-state index in [1.54, 1.807) is 7.11 Å². The van der Waals surface area contributed by atoms with E-state index in [2.05, 4.69) is 51.6 Å². The summed E-state index contributed by atoms with van der Waals surface area (Å²) in [5.74, 6) is 0.242. The number of anilines is 1. The maximum absolute atomic E-state index is 12.8. The summed E-state index contributed by atoms with van der Waals surface area (Å²) in [5, 5.41) is 5.71. The molecular formula is C25H30N4O4. The van der Waals surface area contributed by atoms with Gasteiger partial charge in [-0.3, -0.25) is 4.90 Å². The van der Waals surface area contributed by atoms with Crippen molar-refractivity contribution in [3.05, 3.63) is 70.9 Å². The maximum atomic E-state index is 12.8. The third kappa shape index (κ3) is 5.12. The molecule has 33 heavy (non-hydrogen) atoms. The molecule has 0 radical (unpaired) electrons. The van der Waals surface area contributed by atoms with Gasteiger partial charge in [0, 0.05) is 44.1 Å². The first kappa shape index (κ1) is 22.7. The van der Waals surface area contributed by atoms with Gasteiger partial charge in [0.1, 0.15) is 5.75 Å². The average Bonchev–Trinajstić information content (AvgIpc) is 2.84. The standard InChI is InChI=1S/C25H30N4O4/c1-17-5-4-6-19(15-17)29-13-11-28(12-14-29)16-21-22(24(30)33-3)23(27-25(31)26-21)18-7-9-20(32-2)10-8-18/h4-10,15,23H,11-14,16H2,1-3H3,(H2,26,27,31)/t23-/m0/s1. The van der Waals surface area contributed by atoms with Crippen LogP contribution >= 0.6 is 0 Å². The summed E-state index contributed by atoms with van der Waals surface area (Å²) in [6.45, 7) is 5.95. The summed E-state index contributed by atoms with van der Waals surface area (Å²) >= 11 is 0. The van der Waals surface area contributed by atoms with Gasteiger partial charge in [0.25, 0.3) is 0 Å². The predicted molar refractivity (Wildman–Crippen MR) is 126 cm³/mol.